The Kier molecular flexibility index (Phi) is 3.97. The lowest BCUT2D eigenvalue weighted by Gasteiger charge is -2.51. The van der Waals surface area contributed by atoms with Gasteiger partial charge in [0.15, 0.2) is 23.0 Å². The van der Waals surface area contributed by atoms with E-state index in [4.69, 9.17) is 30.5 Å². The van der Waals surface area contributed by atoms with Gasteiger partial charge in [-0.25, -0.2) is 0 Å². The van der Waals surface area contributed by atoms with Gasteiger partial charge in [-0.3, -0.25) is 0 Å². The summed E-state index contributed by atoms with van der Waals surface area (Å²) in [5.74, 6) is 3.51. The maximum atomic E-state index is 6.65. The zero-order chi connectivity index (χ0) is 21.3. The van der Waals surface area contributed by atoms with Crippen LogP contribution in [0.15, 0.2) is 48.5 Å². The molecule has 3 aromatic carbocycles. The number of fused-ring (bicyclic) bond motifs is 7. The zero-order valence-corrected chi connectivity index (χ0v) is 18.4. The van der Waals surface area contributed by atoms with Crippen LogP contribution >= 0.6 is 11.6 Å². The van der Waals surface area contributed by atoms with Crippen molar-refractivity contribution >= 4 is 11.6 Å². The smallest absolute Gasteiger partial charge is 0.231 e. The molecular weight excluding hydrogens is 426 g/mol. The fourth-order valence-corrected chi connectivity index (χ4v) is 6.18. The van der Waals surface area contributed by atoms with Crippen molar-refractivity contribution in [3.05, 3.63) is 81.4 Å². The second-order valence-corrected chi connectivity index (χ2v) is 9.57. The van der Waals surface area contributed by atoms with Crippen LogP contribution in [0.25, 0.3) is 0 Å². The van der Waals surface area contributed by atoms with Gasteiger partial charge in [0.05, 0.1) is 12.1 Å². The highest BCUT2D eigenvalue weighted by molar-refractivity contribution is 6.31. The molecule has 0 radical (unpaired) electrons. The third-order valence-electron chi connectivity index (χ3n) is 7.55. The van der Waals surface area contributed by atoms with E-state index < -0.39 is 0 Å². The molecule has 5 nitrogen and oxygen atoms in total. The molecule has 6 heteroatoms. The minimum absolute atomic E-state index is 0.298. The molecule has 0 amide bonds. The van der Waals surface area contributed by atoms with Gasteiger partial charge in [-0.1, -0.05) is 35.9 Å². The van der Waals surface area contributed by atoms with Crippen molar-refractivity contribution in [2.45, 2.75) is 32.0 Å². The molecule has 0 aromatic heterocycles. The maximum Gasteiger partial charge on any atom is 0.231 e. The third kappa shape index (κ3) is 2.68. The number of hydrogen-bond donors (Lipinski definition) is 0. The minimum Gasteiger partial charge on any atom is -0.454 e. The van der Waals surface area contributed by atoms with Crippen molar-refractivity contribution in [2.24, 2.45) is 0 Å². The number of rotatable bonds is 2. The summed E-state index contributed by atoms with van der Waals surface area (Å²) in [5, 5.41) is 0.832. The molecule has 0 aliphatic carbocycles. The number of halogens is 1. The number of nitrogens with zero attached hydrogens (tertiary/aromatic N) is 1. The van der Waals surface area contributed by atoms with E-state index in [-0.39, 0.29) is 0 Å². The molecule has 7 rings (SSSR count). The van der Waals surface area contributed by atoms with Crippen molar-refractivity contribution < 1.29 is 23.4 Å². The Morgan fingerprint density at radius 3 is 2.59 bits per heavy atom. The first-order valence-electron chi connectivity index (χ1n) is 11.1. The van der Waals surface area contributed by atoms with E-state index in [2.05, 4.69) is 36.4 Å². The summed E-state index contributed by atoms with van der Waals surface area (Å²) < 4.78 is 24.0. The summed E-state index contributed by atoms with van der Waals surface area (Å²) in [5.41, 5.74) is 6.56. The van der Waals surface area contributed by atoms with E-state index >= 15 is 0 Å². The van der Waals surface area contributed by atoms with E-state index in [1.54, 1.807) is 0 Å². The summed E-state index contributed by atoms with van der Waals surface area (Å²) in [6.07, 6.45) is 1.94. The number of hydrogen-bond acceptors (Lipinski definition) is 4. The van der Waals surface area contributed by atoms with E-state index in [9.17, 15) is 0 Å². The molecule has 4 heterocycles. The van der Waals surface area contributed by atoms with Gasteiger partial charge in [-0.15, -0.1) is 0 Å². The van der Waals surface area contributed by atoms with Crippen molar-refractivity contribution in [1.82, 2.24) is 0 Å². The van der Waals surface area contributed by atoms with Crippen LogP contribution in [0.3, 0.4) is 0 Å². The predicted octanol–water partition coefficient (Wildman–Crippen LogP) is 5.17. The van der Waals surface area contributed by atoms with Crippen molar-refractivity contribution in [3.8, 4) is 23.0 Å². The van der Waals surface area contributed by atoms with Crippen LogP contribution in [0.5, 0.6) is 23.0 Å². The molecule has 2 unspecified atom stereocenters. The first kappa shape index (κ1) is 18.7. The van der Waals surface area contributed by atoms with Crippen molar-refractivity contribution in [3.63, 3.8) is 0 Å². The van der Waals surface area contributed by atoms with Gasteiger partial charge < -0.3 is 23.4 Å². The molecule has 0 N–H and O–H groups in total. The Balaban J connectivity index is 1.40. The second kappa shape index (κ2) is 6.80. The van der Waals surface area contributed by atoms with Gasteiger partial charge in [0.25, 0.3) is 0 Å². The van der Waals surface area contributed by atoms with Crippen LogP contribution in [-0.4, -0.2) is 24.6 Å². The molecule has 0 fully saturated rings. The Morgan fingerprint density at radius 2 is 1.69 bits per heavy atom. The lowest BCUT2D eigenvalue weighted by atomic mass is 9.80. The van der Waals surface area contributed by atoms with E-state index in [0.29, 0.717) is 19.6 Å². The van der Waals surface area contributed by atoms with Crippen LogP contribution < -0.4 is 18.9 Å². The average molecular weight is 449 g/mol. The lowest BCUT2D eigenvalue weighted by molar-refractivity contribution is -0.985. The van der Waals surface area contributed by atoms with Gasteiger partial charge in [-0.05, 0) is 35.4 Å². The Labute approximate surface area is 191 Å². The maximum absolute atomic E-state index is 6.65. The molecular formula is C26H23ClNO4+. The molecule has 4 aliphatic heterocycles. The summed E-state index contributed by atoms with van der Waals surface area (Å²) in [4.78, 5) is 0. The monoisotopic (exact) mass is 448 g/mol. The molecule has 162 valence electrons. The minimum atomic E-state index is 0.298. The van der Waals surface area contributed by atoms with Crippen LogP contribution in [0.1, 0.15) is 33.9 Å². The lowest BCUT2D eigenvalue weighted by Crippen LogP contribution is -2.55. The van der Waals surface area contributed by atoms with Crippen LogP contribution in [0.4, 0.5) is 0 Å². The Bertz CT molecular complexity index is 1260. The van der Waals surface area contributed by atoms with E-state index in [1.165, 1.54) is 27.8 Å². The molecule has 0 spiro atoms. The SMILES string of the molecule is Clc1ccccc1C[N+]12CCc3cc4c(cc3C1Cc1ccc3c(c1C2)OCO3)OCO4. The second-order valence-electron chi connectivity index (χ2n) is 9.16. The van der Waals surface area contributed by atoms with Gasteiger partial charge in [-0.2, -0.15) is 0 Å². The van der Waals surface area contributed by atoms with E-state index in [0.717, 1.165) is 65.0 Å². The van der Waals surface area contributed by atoms with Gasteiger partial charge in [0.1, 0.15) is 19.1 Å². The van der Waals surface area contributed by atoms with Gasteiger partial charge in [0, 0.05) is 29.0 Å². The number of quaternary nitrogens is 1. The first-order chi connectivity index (χ1) is 15.7. The van der Waals surface area contributed by atoms with Gasteiger partial charge >= 0.3 is 0 Å². The van der Waals surface area contributed by atoms with Crippen LogP contribution in [-0.2, 0) is 25.9 Å². The van der Waals surface area contributed by atoms with Gasteiger partial charge in [0.2, 0.25) is 13.6 Å². The molecule has 3 aromatic rings. The molecule has 0 saturated heterocycles. The molecule has 4 aliphatic rings. The number of benzene rings is 3. The van der Waals surface area contributed by atoms with Crippen molar-refractivity contribution in [1.29, 1.82) is 0 Å². The highest BCUT2D eigenvalue weighted by Crippen LogP contribution is 2.52. The first-order valence-corrected chi connectivity index (χ1v) is 11.5. The molecule has 32 heavy (non-hydrogen) atoms. The zero-order valence-electron chi connectivity index (χ0n) is 17.6. The highest BCUT2D eigenvalue weighted by Gasteiger charge is 2.48. The quantitative estimate of drug-likeness (QED) is 0.507. The average Bonchev–Trinajstić information content (AvgIpc) is 3.47. The van der Waals surface area contributed by atoms with Crippen LogP contribution in [0.2, 0.25) is 5.02 Å². The number of ether oxygens (including phenoxy) is 4. The topological polar surface area (TPSA) is 36.9 Å². The summed E-state index contributed by atoms with van der Waals surface area (Å²) in [7, 11) is 0. The van der Waals surface area contributed by atoms with Crippen molar-refractivity contribution in [2.75, 3.05) is 20.1 Å². The molecule has 0 saturated carbocycles. The standard InChI is InChI=1S/C26H23ClNO4/c27-21-4-2-1-3-18(21)12-28-8-7-17-10-24-25(31-14-30-24)11-19(17)22(28)9-16-5-6-23-26(20(16)13-28)32-15-29-23/h1-6,10-11,22H,7-9,12-15H2/q+1. The summed E-state index contributed by atoms with van der Waals surface area (Å²) >= 11 is 6.65. The Hall–Kier alpha value is -2.89. The highest BCUT2D eigenvalue weighted by atomic mass is 35.5. The fraction of sp³-hybridized carbons (Fsp3) is 0.308. The Morgan fingerprint density at radius 1 is 0.875 bits per heavy atom. The van der Waals surface area contributed by atoms with Crippen LogP contribution in [0, 0.1) is 0 Å². The largest absolute Gasteiger partial charge is 0.454 e. The molecule has 2 atom stereocenters. The normalized spacial score (nSPS) is 24.0. The third-order valence-corrected chi connectivity index (χ3v) is 7.92. The predicted molar refractivity (Wildman–Crippen MR) is 119 cm³/mol. The summed E-state index contributed by atoms with van der Waals surface area (Å²) in [6, 6.07) is 17.2. The molecule has 0 bridgehead atoms. The summed E-state index contributed by atoms with van der Waals surface area (Å²) in [6.45, 7) is 3.40. The van der Waals surface area contributed by atoms with E-state index in [1.807, 2.05) is 12.1 Å². The fourth-order valence-electron chi connectivity index (χ4n) is 5.98.